The molecule has 0 aliphatic rings. The maximum absolute atomic E-state index is 11.8. The summed E-state index contributed by atoms with van der Waals surface area (Å²) in [5, 5.41) is 18.9. The minimum Gasteiger partial charge on any atom is -0.354 e. The second-order valence-corrected chi connectivity index (χ2v) is 5.42. The van der Waals surface area contributed by atoms with Crippen LogP contribution in [0.1, 0.15) is 26.7 Å². The lowest BCUT2D eigenvalue weighted by Gasteiger charge is -2.12. The van der Waals surface area contributed by atoms with Crippen LogP contribution < -0.4 is 5.32 Å². The van der Waals surface area contributed by atoms with E-state index >= 15 is 0 Å². The zero-order valence-corrected chi connectivity index (χ0v) is 12.6. The largest absolute Gasteiger partial charge is 0.354 e. The predicted octanol–water partition coefficient (Wildman–Crippen LogP) is 1.95. The van der Waals surface area contributed by atoms with E-state index in [0.717, 1.165) is 18.4 Å². The van der Waals surface area contributed by atoms with Crippen molar-refractivity contribution in [3.05, 3.63) is 16.8 Å². The Bertz CT molecular complexity index is 533. The van der Waals surface area contributed by atoms with Crippen molar-refractivity contribution < 1.29 is 4.79 Å². The van der Waals surface area contributed by atoms with E-state index in [1.807, 2.05) is 16.8 Å². The molecule has 7 heteroatoms. The van der Waals surface area contributed by atoms with Gasteiger partial charge in [0.05, 0.1) is 0 Å². The highest BCUT2D eigenvalue weighted by molar-refractivity contribution is 7.08. The van der Waals surface area contributed by atoms with E-state index in [-0.39, 0.29) is 12.5 Å². The molecule has 2 heterocycles. The monoisotopic (exact) mass is 293 g/mol. The second-order valence-electron chi connectivity index (χ2n) is 4.64. The van der Waals surface area contributed by atoms with Crippen molar-refractivity contribution in [3.63, 3.8) is 0 Å². The minimum atomic E-state index is -0.0776. The Morgan fingerprint density at radius 3 is 2.90 bits per heavy atom. The number of nitrogens with one attached hydrogen (secondary N) is 1. The molecular weight excluding hydrogens is 274 g/mol. The molecule has 0 saturated heterocycles. The number of thiophene rings is 1. The van der Waals surface area contributed by atoms with E-state index in [0.29, 0.717) is 18.3 Å². The van der Waals surface area contributed by atoms with Gasteiger partial charge in [-0.15, -0.1) is 10.2 Å². The third kappa shape index (κ3) is 3.86. The highest BCUT2D eigenvalue weighted by Crippen LogP contribution is 2.16. The zero-order valence-electron chi connectivity index (χ0n) is 11.7. The summed E-state index contributed by atoms with van der Waals surface area (Å²) in [5.74, 6) is 1.01. The van der Waals surface area contributed by atoms with Gasteiger partial charge in [-0.05, 0) is 22.6 Å². The number of carbonyl (C=O) groups is 1. The van der Waals surface area contributed by atoms with Crippen LogP contribution in [0.4, 0.5) is 0 Å². The van der Waals surface area contributed by atoms with Gasteiger partial charge < -0.3 is 5.32 Å². The summed E-state index contributed by atoms with van der Waals surface area (Å²) in [4.78, 5) is 13.1. The van der Waals surface area contributed by atoms with Gasteiger partial charge in [-0.3, -0.25) is 4.79 Å². The van der Waals surface area contributed by atoms with Gasteiger partial charge in [-0.25, -0.2) is 0 Å². The molecule has 2 aromatic rings. The summed E-state index contributed by atoms with van der Waals surface area (Å²) in [6.45, 7) is 5.08. The number of rotatable bonds is 7. The van der Waals surface area contributed by atoms with E-state index in [9.17, 15) is 4.79 Å². The van der Waals surface area contributed by atoms with Crippen molar-refractivity contribution in [3.8, 4) is 11.4 Å². The third-order valence-electron chi connectivity index (χ3n) is 3.26. The van der Waals surface area contributed by atoms with Crippen molar-refractivity contribution in [1.29, 1.82) is 0 Å². The van der Waals surface area contributed by atoms with Crippen molar-refractivity contribution in [2.24, 2.45) is 5.92 Å². The van der Waals surface area contributed by atoms with Gasteiger partial charge in [-0.1, -0.05) is 26.7 Å². The predicted molar refractivity (Wildman–Crippen MR) is 78.2 cm³/mol. The number of nitrogens with zero attached hydrogens (tertiary/aromatic N) is 4. The summed E-state index contributed by atoms with van der Waals surface area (Å²) >= 11 is 1.58. The number of tetrazole rings is 1. The van der Waals surface area contributed by atoms with Crippen molar-refractivity contribution in [2.45, 2.75) is 33.2 Å². The average molecular weight is 293 g/mol. The zero-order chi connectivity index (χ0) is 14.4. The maximum Gasteiger partial charge on any atom is 0.243 e. The standard InChI is InChI=1S/C13H19N5OS/c1-3-10(4-2)7-14-12(19)8-18-16-13(15-17-18)11-5-6-20-9-11/h5-6,9-10H,3-4,7-8H2,1-2H3,(H,14,19). The van der Waals surface area contributed by atoms with Crippen LogP contribution in [0.3, 0.4) is 0 Å². The minimum absolute atomic E-state index is 0.0776. The first-order chi connectivity index (χ1) is 9.72. The fraction of sp³-hybridized carbons (Fsp3) is 0.538. The first kappa shape index (κ1) is 14.6. The van der Waals surface area contributed by atoms with Crippen LogP contribution in [0.15, 0.2) is 16.8 Å². The van der Waals surface area contributed by atoms with E-state index in [4.69, 9.17) is 0 Å². The Hall–Kier alpha value is -1.76. The second kappa shape index (κ2) is 7.14. The van der Waals surface area contributed by atoms with Crippen molar-refractivity contribution in [2.75, 3.05) is 6.54 Å². The van der Waals surface area contributed by atoms with Gasteiger partial charge in [0.1, 0.15) is 6.54 Å². The first-order valence-electron chi connectivity index (χ1n) is 6.80. The lowest BCUT2D eigenvalue weighted by atomic mass is 10.0. The van der Waals surface area contributed by atoms with Crippen LogP contribution in [0.5, 0.6) is 0 Å². The summed E-state index contributed by atoms with van der Waals surface area (Å²) < 4.78 is 0. The average Bonchev–Trinajstić information content (AvgIpc) is 3.10. The Labute approximate surface area is 122 Å². The molecular formula is C13H19N5OS. The molecule has 2 rings (SSSR count). The molecule has 0 radical (unpaired) electrons. The van der Waals surface area contributed by atoms with Crippen LogP contribution in [0, 0.1) is 5.92 Å². The molecule has 0 aliphatic heterocycles. The molecule has 1 amide bonds. The van der Waals surface area contributed by atoms with Gasteiger partial charge in [0.15, 0.2) is 0 Å². The van der Waals surface area contributed by atoms with E-state index < -0.39 is 0 Å². The molecule has 6 nitrogen and oxygen atoms in total. The molecule has 0 unspecified atom stereocenters. The molecule has 0 spiro atoms. The number of aromatic nitrogens is 4. The number of hydrogen-bond donors (Lipinski definition) is 1. The summed E-state index contributed by atoms with van der Waals surface area (Å²) in [7, 11) is 0. The van der Waals surface area contributed by atoms with Crippen LogP contribution in [0.25, 0.3) is 11.4 Å². The smallest absolute Gasteiger partial charge is 0.243 e. The normalized spacial score (nSPS) is 10.9. The van der Waals surface area contributed by atoms with E-state index in [1.165, 1.54) is 4.80 Å². The van der Waals surface area contributed by atoms with E-state index in [1.54, 1.807) is 11.3 Å². The highest BCUT2D eigenvalue weighted by Gasteiger charge is 2.10. The van der Waals surface area contributed by atoms with Crippen LogP contribution in [0.2, 0.25) is 0 Å². The molecule has 0 atom stereocenters. The van der Waals surface area contributed by atoms with Crippen LogP contribution in [-0.2, 0) is 11.3 Å². The lowest BCUT2D eigenvalue weighted by Crippen LogP contribution is -2.32. The van der Waals surface area contributed by atoms with E-state index in [2.05, 4.69) is 34.6 Å². The summed E-state index contributed by atoms with van der Waals surface area (Å²) in [6.07, 6.45) is 2.14. The topological polar surface area (TPSA) is 72.7 Å². The molecule has 108 valence electrons. The van der Waals surface area contributed by atoms with Gasteiger partial charge in [0, 0.05) is 17.5 Å². The fourth-order valence-corrected chi connectivity index (χ4v) is 2.47. The number of carbonyl (C=O) groups excluding carboxylic acids is 1. The quantitative estimate of drug-likeness (QED) is 0.847. The Morgan fingerprint density at radius 2 is 2.25 bits per heavy atom. The number of hydrogen-bond acceptors (Lipinski definition) is 5. The molecule has 0 aliphatic carbocycles. The van der Waals surface area contributed by atoms with Crippen LogP contribution >= 0.6 is 11.3 Å². The third-order valence-corrected chi connectivity index (χ3v) is 3.94. The SMILES string of the molecule is CCC(CC)CNC(=O)Cn1nnc(-c2ccsc2)n1. The maximum atomic E-state index is 11.8. The summed E-state index contributed by atoms with van der Waals surface area (Å²) in [5.41, 5.74) is 0.929. The fourth-order valence-electron chi connectivity index (χ4n) is 1.84. The summed E-state index contributed by atoms with van der Waals surface area (Å²) in [6, 6.07) is 1.93. The highest BCUT2D eigenvalue weighted by atomic mass is 32.1. The molecule has 2 aromatic heterocycles. The molecule has 0 bridgehead atoms. The van der Waals surface area contributed by atoms with Crippen LogP contribution in [-0.4, -0.2) is 32.7 Å². The molecule has 0 aromatic carbocycles. The number of amides is 1. The first-order valence-corrected chi connectivity index (χ1v) is 7.74. The van der Waals surface area contributed by atoms with Gasteiger partial charge in [-0.2, -0.15) is 16.1 Å². The van der Waals surface area contributed by atoms with Gasteiger partial charge in [0.2, 0.25) is 11.7 Å². The Morgan fingerprint density at radius 1 is 1.45 bits per heavy atom. The Kier molecular flexibility index (Phi) is 5.23. The van der Waals surface area contributed by atoms with Crippen molar-refractivity contribution in [1.82, 2.24) is 25.5 Å². The Balaban J connectivity index is 1.86. The molecule has 1 N–H and O–H groups in total. The van der Waals surface area contributed by atoms with Gasteiger partial charge in [0.25, 0.3) is 0 Å². The molecule has 0 saturated carbocycles. The van der Waals surface area contributed by atoms with Gasteiger partial charge >= 0.3 is 0 Å². The lowest BCUT2D eigenvalue weighted by molar-refractivity contribution is -0.122. The molecule has 20 heavy (non-hydrogen) atoms. The van der Waals surface area contributed by atoms with Crippen molar-refractivity contribution >= 4 is 17.2 Å². The molecule has 0 fully saturated rings.